The third kappa shape index (κ3) is 69.0. The van der Waals surface area contributed by atoms with Crippen LogP contribution in [0, 0.1) is 0 Å². The molecule has 84 heavy (non-hydrogen) atoms. The molecule has 1 atom stereocenters. The Labute approximate surface area is 517 Å². The summed E-state index contributed by atoms with van der Waals surface area (Å²) in [7, 11) is 0. The van der Waals surface area contributed by atoms with Crippen LogP contribution in [0.25, 0.3) is 0 Å². The molecule has 0 aromatic rings. The van der Waals surface area contributed by atoms with Crippen molar-refractivity contribution in [2.24, 2.45) is 0 Å². The Hall–Kier alpha value is -5.52. The number of aliphatic hydroxyl groups is 1. The molecule has 0 bridgehead atoms. The maximum atomic E-state index is 12.3. The molecule has 5 heteroatoms. The van der Waals surface area contributed by atoms with Crippen LogP contribution in [0.1, 0.15) is 258 Å². The number of ether oxygens (including phenoxy) is 2. The number of hydrogen-bond acceptors (Lipinski definition) is 5. The Balaban J connectivity index is 3.62. The third-order valence-corrected chi connectivity index (χ3v) is 13.6. The van der Waals surface area contributed by atoms with Crippen LogP contribution in [0.3, 0.4) is 0 Å². The maximum Gasteiger partial charge on any atom is 0.306 e. The van der Waals surface area contributed by atoms with Crippen molar-refractivity contribution in [1.29, 1.82) is 0 Å². The summed E-state index contributed by atoms with van der Waals surface area (Å²) in [6, 6.07) is 0. The molecule has 5 nitrogen and oxygen atoms in total. The number of unbranched alkanes of at least 4 members (excludes halogenated alkanes) is 17. The first-order valence-electron chi connectivity index (χ1n) is 33.6. The molecule has 0 saturated heterocycles. The van der Waals surface area contributed by atoms with E-state index in [1.807, 2.05) is 0 Å². The van der Waals surface area contributed by atoms with E-state index in [0.717, 1.165) is 154 Å². The van der Waals surface area contributed by atoms with Crippen LogP contribution in [-0.4, -0.2) is 36.4 Å². The minimum absolute atomic E-state index is 0.0924. The highest BCUT2D eigenvalue weighted by molar-refractivity contribution is 5.70. The van der Waals surface area contributed by atoms with Crippen molar-refractivity contribution in [3.63, 3.8) is 0 Å². The maximum absolute atomic E-state index is 12.3. The van der Waals surface area contributed by atoms with Crippen LogP contribution in [0.2, 0.25) is 0 Å². The highest BCUT2D eigenvalue weighted by atomic mass is 16.6. The van der Waals surface area contributed by atoms with Crippen molar-refractivity contribution in [1.82, 2.24) is 0 Å². The normalized spacial score (nSPS) is 13.6. The number of esters is 2. The van der Waals surface area contributed by atoms with Crippen molar-refractivity contribution in [3.8, 4) is 0 Å². The molecule has 1 N–H and O–H groups in total. The number of carbonyl (C=O) groups excluding carboxylic acids is 2. The average Bonchev–Trinajstić information content (AvgIpc) is 3.51. The molecule has 0 aromatic heterocycles. The van der Waals surface area contributed by atoms with Gasteiger partial charge in [0.15, 0.2) is 6.10 Å². The molecule has 468 valence electrons. The lowest BCUT2D eigenvalue weighted by Gasteiger charge is -2.15. The summed E-state index contributed by atoms with van der Waals surface area (Å²) in [6.07, 6.45) is 115. The average molecular weight is 1150 g/mol. The van der Waals surface area contributed by atoms with E-state index in [2.05, 4.69) is 220 Å². The van der Waals surface area contributed by atoms with Gasteiger partial charge in [-0.2, -0.15) is 0 Å². The van der Waals surface area contributed by atoms with E-state index in [1.165, 1.54) is 77.0 Å². The Morgan fingerprint density at radius 3 is 0.726 bits per heavy atom. The van der Waals surface area contributed by atoms with E-state index >= 15 is 0 Å². The predicted octanol–water partition coefficient (Wildman–Crippen LogP) is 23.8. The lowest BCUT2D eigenvalue weighted by atomic mass is 10.0. The molecule has 0 fully saturated rings. The zero-order valence-electron chi connectivity index (χ0n) is 53.6. The molecule has 0 spiro atoms. The Morgan fingerprint density at radius 1 is 0.274 bits per heavy atom. The van der Waals surface area contributed by atoms with E-state index in [0.29, 0.717) is 12.8 Å². The van der Waals surface area contributed by atoms with E-state index in [4.69, 9.17) is 9.47 Å². The van der Waals surface area contributed by atoms with Crippen LogP contribution in [0.15, 0.2) is 207 Å². The van der Waals surface area contributed by atoms with Gasteiger partial charge in [-0.25, -0.2) is 0 Å². The molecule has 0 amide bonds. The SMILES string of the molecule is CC/C=C\C/C=C\C/C=C\C/C=C\C/C=C\C/C=C\C/C=C\C/C=C\C/C=C\CCCCCC(=O)OC(CO)COC(=O)CCCCCCCCCCCCCCCC/C=C\C/C=C\C/C=C\C/C=C\C/C=C\C/C=C\C/C=C\C/C=C\CC. The second-order valence-corrected chi connectivity index (χ2v) is 21.4. The van der Waals surface area contributed by atoms with Crippen molar-refractivity contribution < 1.29 is 24.2 Å². The van der Waals surface area contributed by atoms with E-state index in [-0.39, 0.29) is 25.2 Å². The van der Waals surface area contributed by atoms with Crippen LogP contribution < -0.4 is 0 Å². The molecule has 1 unspecified atom stereocenters. The van der Waals surface area contributed by atoms with Crippen LogP contribution in [0.5, 0.6) is 0 Å². The lowest BCUT2D eigenvalue weighted by molar-refractivity contribution is -0.161. The molecule has 0 radical (unpaired) electrons. The standard InChI is InChI=1S/C79H122O5/c1-3-5-7-9-11-13-15-17-19-21-23-25-27-29-31-33-35-36-37-38-39-40-41-42-44-45-47-49-51-53-55-57-59-61-63-65-67-69-71-73-78(81)83-76-77(75-80)84-79(82)74-72-70-68-66-64-62-60-58-56-54-52-50-48-46-43-34-32-30-28-26-24-22-20-18-16-14-12-10-8-6-4-2/h5-8,11-14,17-20,23-26,29-32,35-36,38-39,41-43,46,50,52,56,58,62,64,77,80H,3-4,9-10,15-16,21-22,27-28,33-34,37,40,44-45,47-49,51,53-55,57,59-61,63,65-76H2,1-2H3/b7-5-,8-6-,13-11-,14-12-,19-17-,20-18-,25-23-,26-24-,31-29-,32-30-,36-35-,39-38-,42-41-,46-43-,52-50-,58-56-,64-62-. The summed E-state index contributed by atoms with van der Waals surface area (Å²) in [4.78, 5) is 24.6. The number of aliphatic hydroxyl groups excluding tert-OH is 1. The van der Waals surface area contributed by atoms with Gasteiger partial charge in [0.1, 0.15) is 6.61 Å². The molecule has 0 rings (SSSR count). The number of allylic oxidation sites excluding steroid dienone is 34. The second kappa shape index (κ2) is 71.7. The van der Waals surface area contributed by atoms with Crippen LogP contribution in [-0.2, 0) is 19.1 Å². The van der Waals surface area contributed by atoms with Gasteiger partial charge in [-0.3, -0.25) is 9.59 Å². The van der Waals surface area contributed by atoms with Crippen molar-refractivity contribution in [3.05, 3.63) is 207 Å². The van der Waals surface area contributed by atoms with Gasteiger partial charge in [0.2, 0.25) is 0 Å². The van der Waals surface area contributed by atoms with Crippen molar-refractivity contribution in [2.45, 2.75) is 264 Å². The third-order valence-electron chi connectivity index (χ3n) is 13.6. The zero-order chi connectivity index (χ0) is 60.5. The summed E-state index contributed by atoms with van der Waals surface area (Å²) in [5.74, 6) is -0.641. The summed E-state index contributed by atoms with van der Waals surface area (Å²) >= 11 is 0. The van der Waals surface area contributed by atoms with Crippen LogP contribution >= 0.6 is 0 Å². The molecule has 0 saturated carbocycles. The van der Waals surface area contributed by atoms with Gasteiger partial charge in [-0.1, -0.05) is 304 Å². The van der Waals surface area contributed by atoms with Gasteiger partial charge >= 0.3 is 11.9 Å². The summed E-state index contributed by atoms with van der Waals surface area (Å²) in [5.41, 5.74) is 0. The van der Waals surface area contributed by atoms with Gasteiger partial charge in [-0.05, 0) is 148 Å². The smallest absolute Gasteiger partial charge is 0.306 e. The summed E-state index contributed by atoms with van der Waals surface area (Å²) < 4.78 is 10.7. The molecular formula is C79H122O5. The summed E-state index contributed by atoms with van der Waals surface area (Å²) in [6.45, 7) is 3.88. The number of hydrogen-bond donors (Lipinski definition) is 1. The fraction of sp³-hybridized carbons (Fsp3) is 0.544. The minimum Gasteiger partial charge on any atom is -0.462 e. The minimum atomic E-state index is -0.807. The van der Waals surface area contributed by atoms with E-state index in [9.17, 15) is 14.7 Å². The number of rotatable bonds is 59. The fourth-order valence-corrected chi connectivity index (χ4v) is 8.62. The number of carbonyl (C=O) groups is 2. The quantitative estimate of drug-likeness (QED) is 0.0373. The molecule has 0 aliphatic carbocycles. The van der Waals surface area contributed by atoms with Crippen LogP contribution in [0.4, 0.5) is 0 Å². The molecule has 0 heterocycles. The van der Waals surface area contributed by atoms with E-state index in [1.54, 1.807) is 0 Å². The Bertz CT molecular complexity index is 1980. The second-order valence-electron chi connectivity index (χ2n) is 21.4. The van der Waals surface area contributed by atoms with Crippen molar-refractivity contribution in [2.75, 3.05) is 13.2 Å². The molecular weight excluding hydrogens is 1030 g/mol. The van der Waals surface area contributed by atoms with Gasteiger partial charge < -0.3 is 14.6 Å². The Morgan fingerprint density at radius 2 is 0.476 bits per heavy atom. The molecule has 0 aliphatic rings. The highest BCUT2D eigenvalue weighted by Gasteiger charge is 2.16. The summed E-state index contributed by atoms with van der Waals surface area (Å²) in [5, 5.41) is 9.69. The van der Waals surface area contributed by atoms with Gasteiger partial charge in [0, 0.05) is 12.8 Å². The Kier molecular flexibility index (Phi) is 67.0. The van der Waals surface area contributed by atoms with Crippen molar-refractivity contribution >= 4 is 11.9 Å². The predicted molar refractivity (Wildman–Crippen MR) is 370 cm³/mol. The lowest BCUT2D eigenvalue weighted by Crippen LogP contribution is -2.28. The van der Waals surface area contributed by atoms with Gasteiger partial charge in [-0.15, -0.1) is 0 Å². The topological polar surface area (TPSA) is 72.8 Å². The molecule has 0 aliphatic heterocycles. The fourth-order valence-electron chi connectivity index (χ4n) is 8.62. The van der Waals surface area contributed by atoms with Gasteiger partial charge in [0.25, 0.3) is 0 Å². The van der Waals surface area contributed by atoms with E-state index < -0.39 is 6.10 Å². The molecule has 0 aromatic carbocycles. The monoisotopic (exact) mass is 1150 g/mol. The van der Waals surface area contributed by atoms with Gasteiger partial charge in [0.05, 0.1) is 6.61 Å². The highest BCUT2D eigenvalue weighted by Crippen LogP contribution is 2.15. The largest absolute Gasteiger partial charge is 0.462 e. The first kappa shape index (κ1) is 78.5. The zero-order valence-corrected chi connectivity index (χ0v) is 53.6. The first-order chi connectivity index (χ1) is 41.6. The first-order valence-corrected chi connectivity index (χ1v) is 33.6.